The summed E-state index contributed by atoms with van der Waals surface area (Å²) in [4.78, 5) is 4.13. The lowest BCUT2D eigenvalue weighted by atomic mass is 10.2. The van der Waals surface area contributed by atoms with E-state index in [0.29, 0.717) is 13.2 Å². The first kappa shape index (κ1) is 12.9. The number of nitrogens with two attached hydrogens (primary N) is 1. The molecule has 0 saturated heterocycles. The first-order chi connectivity index (χ1) is 8.81. The maximum absolute atomic E-state index is 5.71. The van der Waals surface area contributed by atoms with Gasteiger partial charge in [-0.2, -0.15) is 5.10 Å². The molecular weight excluding hydrogens is 248 g/mol. The van der Waals surface area contributed by atoms with Gasteiger partial charge in [0.1, 0.15) is 12.1 Å². The first-order valence-electron chi connectivity index (χ1n) is 5.69. The lowest BCUT2D eigenvalue weighted by Crippen LogP contribution is -2.05. The van der Waals surface area contributed by atoms with Crippen LogP contribution < -0.4 is 10.5 Å². The van der Waals surface area contributed by atoms with E-state index in [0.717, 1.165) is 22.2 Å². The molecule has 0 aliphatic rings. The van der Waals surface area contributed by atoms with Crippen molar-refractivity contribution in [3.05, 3.63) is 36.2 Å². The number of aromatic nitrogens is 3. The number of ether oxygens (including phenoxy) is 1. The number of aryl methyl sites for hydroxylation is 1. The van der Waals surface area contributed by atoms with Crippen LogP contribution in [0.5, 0.6) is 5.75 Å². The molecule has 18 heavy (non-hydrogen) atoms. The highest BCUT2D eigenvalue weighted by Gasteiger charge is 2.03. The number of hydrogen-bond donors (Lipinski definition) is 1. The van der Waals surface area contributed by atoms with Gasteiger partial charge in [0.25, 0.3) is 0 Å². The molecule has 0 aliphatic carbocycles. The largest absolute Gasteiger partial charge is 0.492 e. The number of benzene rings is 1. The third-order valence-electron chi connectivity index (χ3n) is 2.43. The van der Waals surface area contributed by atoms with Gasteiger partial charge in [0.05, 0.1) is 6.61 Å². The van der Waals surface area contributed by atoms with Crippen molar-refractivity contribution in [3.63, 3.8) is 0 Å². The minimum atomic E-state index is 0.493. The topological polar surface area (TPSA) is 66.0 Å². The zero-order chi connectivity index (χ0) is 12.8. The molecule has 0 bridgehead atoms. The maximum atomic E-state index is 5.71. The predicted molar refractivity (Wildman–Crippen MR) is 71.6 cm³/mol. The van der Waals surface area contributed by atoms with Crippen molar-refractivity contribution in [2.75, 3.05) is 12.4 Å². The van der Waals surface area contributed by atoms with Gasteiger partial charge >= 0.3 is 0 Å². The summed E-state index contributed by atoms with van der Waals surface area (Å²) >= 11 is 1.62. The Morgan fingerprint density at radius 2 is 2.22 bits per heavy atom. The van der Waals surface area contributed by atoms with Crippen LogP contribution in [0.15, 0.2) is 35.7 Å². The average Bonchev–Trinajstić information content (AvgIpc) is 2.81. The van der Waals surface area contributed by atoms with E-state index in [4.69, 9.17) is 10.5 Å². The fourth-order valence-corrected chi connectivity index (χ4v) is 2.22. The maximum Gasteiger partial charge on any atom is 0.185 e. The van der Waals surface area contributed by atoms with Gasteiger partial charge in [-0.25, -0.2) is 9.67 Å². The Morgan fingerprint density at radius 3 is 2.94 bits per heavy atom. The van der Waals surface area contributed by atoms with Crippen LogP contribution in [0.4, 0.5) is 0 Å². The molecule has 1 heterocycles. The SMILES string of the molecule is Cn1ncnc1SCCOc1ccccc1CN. The summed E-state index contributed by atoms with van der Waals surface area (Å²) < 4.78 is 7.46. The summed E-state index contributed by atoms with van der Waals surface area (Å²) in [6, 6.07) is 7.83. The third kappa shape index (κ3) is 3.24. The van der Waals surface area contributed by atoms with Crippen molar-refractivity contribution in [1.82, 2.24) is 14.8 Å². The molecule has 6 heteroatoms. The van der Waals surface area contributed by atoms with Crippen molar-refractivity contribution < 1.29 is 4.74 Å². The zero-order valence-corrected chi connectivity index (χ0v) is 11.1. The molecular formula is C12H16N4OS. The van der Waals surface area contributed by atoms with Crippen LogP contribution >= 0.6 is 11.8 Å². The highest BCUT2D eigenvalue weighted by atomic mass is 32.2. The van der Waals surface area contributed by atoms with E-state index >= 15 is 0 Å². The molecule has 2 aromatic rings. The van der Waals surface area contributed by atoms with Crippen LogP contribution in [0.1, 0.15) is 5.56 Å². The fourth-order valence-electron chi connectivity index (χ4n) is 1.51. The molecule has 0 unspecified atom stereocenters. The summed E-state index contributed by atoms with van der Waals surface area (Å²) in [6.45, 7) is 1.11. The van der Waals surface area contributed by atoms with Gasteiger partial charge in [-0.15, -0.1) is 0 Å². The van der Waals surface area contributed by atoms with E-state index in [1.165, 1.54) is 0 Å². The second-order valence-corrected chi connectivity index (χ2v) is 4.74. The predicted octanol–water partition coefficient (Wildman–Crippen LogP) is 1.44. The summed E-state index contributed by atoms with van der Waals surface area (Å²) in [5.74, 6) is 1.68. The van der Waals surface area contributed by atoms with Gasteiger partial charge in [-0.05, 0) is 6.07 Å². The second-order valence-electron chi connectivity index (χ2n) is 3.67. The van der Waals surface area contributed by atoms with E-state index < -0.39 is 0 Å². The molecule has 0 aliphatic heterocycles. The smallest absolute Gasteiger partial charge is 0.185 e. The number of rotatable bonds is 6. The van der Waals surface area contributed by atoms with E-state index in [1.807, 2.05) is 31.3 Å². The Kier molecular flexibility index (Phi) is 4.60. The van der Waals surface area contributed by atoms with E-state index in [-0.39, 0.29) is 0 Å². The lowest BCUT2D eigenvalue weighted by molar-refractivity contribution is 0.340. The number of nitrogens with zero attached hydrogens (tertiary/aromatic N) is 3. The van der Waals surface area contributed by atoms with Crippen LogP contribution in [-0.4, -0.2) is 27.1 Å². The fraction of sp³-hybridized carbons (Fsp3) is 0.333. The minimum Gasteiger partial charge on any atom is -0.492 e. The van der Waals surface area contributed by atoms with Crippen molar-refractivity contribution in [3.8, 4) is 5.75 Å². The monoisotopic (exact) mass is 264 g/mol. The molecule has 2 N–H and O–H groups in total. The summed E-state index contributed by atoms with van der Waals surface area (Å²) in [5, 5.41) is 4.90. The molecule has 0 spiro atoms. The Morgan fingerprint density at radius 1 is 1.39 bits per heavy atom. The summed E-state index contributed by atoms with van der Waals surface area (Å²) in [6.07, 6.45) is 1.55. The van der Waals surface area contributed by atoms with E-state index in [2.05, 4.69) is 10.1 Å². The second kappa shape index (κ2) is 6.42. The first-order valence-corrected chi connectivity index (χ1v) is 6.67. The van der Waals surface area contributed by atoms with Gasteiger partial charge in [0, 0.05) is 24.9 Å². The van der Waals surface area contributed by atoms with E-state index in [9.17, 15) is 0 Å². The standard InChI is InChI=1S/C12H16N4OS/c1-16-12(14-9-15-16)18-7-6-17-11-5-3-2-4-10(11)8-13/h2-5,9H,6-8,13H2,1H3. The Balaban J connectivity index is 1.80. The van der Waals surface area contributed by atoms with Crippen LogP contribution in [0, 0.1) is 0 Å². The third-order valence-corrected chi connectivity index (χ3v) is 3.43. The number of thioether (sulfide) groups is 1. The van der Waals surface area contributed by atoms with Gasteiger partial charge in [-0.3, -0.25) is 0 Å². The van der Waals surface area contributed by atoms with E-state index in [1.54, 1.807) is 22.8 Å². The van der Waals surface area contributed by atoms with Gasteiger partial charge in [-0.1, -0.05) is 30.0 Å². The molecule has 0 radical (unpaired) electrons. The lowest BCUT2D eigenvalue weighted by Gasteiger charge is -2.09. The Bertz CT molecular complexity index is 500. The zero-order valence-electron chi connectivity index (χ0n) is 10.2. The van der Waals surface area contributed by atoms with Crippen molar-refractivity contribution in [2.45, 2.75) is 11.7 Å². The van der Waals surface area contributed by atoms with Crippen molar-refractivity contribution in [2.24, 2.45) is 12.8 Å². The molecule has 2 rings (SSSR count). The normalized spacial score (nSPS) is 10.6. The summed E-state index contributed by atoms with van der Waals surface area (Å²) in [5.41, 5.74) is 6.67. The molecule has 1 aromatic carbocycles. The quantitative estimate of drug-likeness (QED) is 0.632. The Hall–Kier alpha value is -1.53. The van der Waals surface area contributed by atoms with Crippen LogP contribution in [0.3, 0.4) is 0 Å². The number of hydrogen-bond acceptors (Lipinski definition) is 5. The highest BCUT2D eigenvalue weighted by molar-refractivity contribution is 7.99. The molecule has 0 atom stereocenters. The molecule has 0 fully saturated rings. The van der Waals surface area contributed by atoms with Gasteiger partial charge in [0.2, 0.25) is 0 Å². The average molecular weight is 264 g/mol. The molecule has 0 amide bonds. The van der Waals surface area contributed by atoms with Crippen LogP contribution in [0.25, 0.3) is 0 Å². The van der Waals surface area contributed by atoms with Crippen LogP contribution in [0.2, 0.25) is 0 Å². The Labute approximate surface area is 110 Å². The molecule has 1 aromatic heterocycles. The van der Waals surface area contributed by atoms with Crippen LogP contribution in [-0.2, 0) is 13.6 Å². The molecule has 5 nitrogen and oxygen atoms in total. The van der Waals surface area contributed by atoms with Crippen molar-refractivity contribution >= 4 is 11.8 Å². The van der Waals surface area contributed by atoms with Gasteiger partial charge < -0.3 is 10.5 Å². The molecule has 0 saturated carbocycles. The highest BCUT2D eigenvalue weighted by Crippen LogP contribution is 2.18. The molecule has 96 valence electrons. The minimum absolute atomic E-state index is 0.493. The summed E-state index contributed by atoms with van der Waals surface area (Å²) in [7, 11) is 1.87. The number of para-hydroxylation sites is 1. The van der Waals surface area contributed by atoms with Crippen molar-refractivity contribution in [1.29, 1.82) is 0 Å². The van der Waals surface area contributed by atoms with Gasteiger partial charge in [0.15, 0.2) is 5.16 Å².